The first kappa shape index (κ1) is 96.8. The Hall–Kier alpha value is -11.8. The maximum atomic E-state index is 16.3. The first-order chi connectivity index (χ1) is 62.6. The lowest BCUT2D eigenvalue weighted by atomic mass is 9.85. The molecule has 36 nitrogen and oxygen atoms in total. The number of ether oxygens (including phenoxy) is 7. The molecule has 0 aromatic heterocycles. The number of primary amides is 1. The molecule has 38 heteroatoms. The minimum Gasteiger partial charge on any atom is -0.508 e. The van der Waals surface area contributed by atoms with Crippen LogP contribution in [0.3, 0.4) is 0 Å². The molecule has 2 saturated heterocycles. The molecule has 1 aliphatic carbocycles. The van der Waals surface area contributed by atoms with Gasteiger partial charge in [0.05, 0.1) is 47.3 Å². The molecule has 0 spiro atoms. The number of amides is 8. The smallest absolute Gasteiger partial charge is 0.410 e. The van der Waals surface area contributed by atoms with Crippen molar-refractivity contribution < 1.29 is 127 Å². The highest BCUT2D eigenvalue weighted by Gasteiger charge is 2.53. The number of nitrogens with zero attached hydrogens (tertiary/aromatic N) is 2. The Morgan fingerprint density at radius 3 is 1.88 bits per heavy atom. The molecule has 8 aliphatic rings. The van der Waals surface area contributed by atoms with Gasteiger partial charge < -0.3 is 132 Å². The van der Waals surface area contributed by atoms with Gasteiger partial charge in [0.15, 0.2) is 29.9 Å². The standard InChI is InChI=1S/C93H108Cl2N10O26/c1-7-8-9-10-11-12-13-18-30-105(92(124)125-43-57-53-21-16-14-19-51(53)52-20-15-17-22-54(52)57)31-29-98-93(5)41-70(126-45(4)83(93)115)130-82-80(114)79(113)68(42-106)129-91(82)131-81-66-36-49-37-67(81)128-65-28-25-48(35-59(65)95)78(112)76-89(121)102-74(90(122)123)56-38-50(107)39-63(109)71(56)55-33-46(23-26-62(55)108)72(86(118)104-76)101-87(119)73(49)100-85(117)61(40-69(96)110)99-88(120)75(103-84(116)60(97-6)32-44(2)3)77(111)47-24-27-64(127-66)58(94)34-47/h14-17,19-29,33-39,44-45,57,60-61,68,70,72-80,82-83,91,97,106-109,111-115H,7-13,18,30-32,40-43H2,1-6H3,(H2,96,110)(H,99,120)(H,100,117)(H,101,119)(H,102,121)(H,103,116)(H,104,118)(H,122,123)/t45-,60+,61-,68+,70-,72+,73+,74-,75?,76-,77+,78+,79+,80-,82+,83+,91-,93-/m0/s1. The number of aliphatic imine (C=N–C) groups is 1. The molecule has 11 bridgehead atoms. The van der Waals surface area contributed by atoms with Crippen LogP contribution in [0.4, 0.5) is 4.79 Å². The van der Waals surface area contributed by atoms with Gasteiger partial charge in [0.1, 0.15) is 102 Å². The summed E-state index contributed by atoms with van der Waals surface area (Å²) < 4.78 is 46.0. The molecule has 7 aromatic rings. The van der Waals surface area contributed by atoms with Gasteiger partial charge in [-0.2, -0.15) is 0 Å². The number of nitrogens with two attached hydrogens (primary N) is 1. The van der Waals surface area contributed by atoms with Crippen LogP contribution in [0.5, 0.6) is 46.0 Å². The quantitative estimate of drug-likeness (QED) is 0.0174. The van der Waals surface area contributed by atoms with E-state index < -0.39 is 243 Å². The van der Waals surface area contributed by atoms with E-state index in [1.165, 1.54) is 32.3 Å². The molecule has 0 saturated carbocycles. The number of aliphatic hydroxyl groups excluding tert-OH is 6. The molecular formula is C93H108Cl2N10O26. The van der Waals surface area contributed by atoms with Gasteiger partial charge in [0.2, 0.25) is 53.4 Å². The normalized spacial score (nSPS) is 25.7. The molecule has 8 amide bonds. The molecule has 700 valence electrons. The zero-order chi connectivity index (χ0) is 94.1. The number of carbonyl (C=O) groups is 9. The van der Waals surface area contributed by atoms with Crippen molar-refractivity contribution in [1.29, 1.82) is 0 Å². The van der Waals surface area contributed by atoms with Crippen molar-refractivity contribution in [2.24, 2.45) is 16.6 Å². The summed E-state index contributed by atoms with van der Waals surface area (Å²) in [7, 11) is 1.47. The van der Waals surface area contributed by atoms with Gasteiger partial charge in [-0.3, -0.25) is 38.6 Å². The SMILES string of the molecule is CCCCCCCCCCN(CC=N[C@@]1(C)C[C@H](O[C@H]2[C@H](Oc3c4cc5cc3Oc3ccc(cc3Cl)[C@@H](O)[C@@H]3NC(=O)[C@H](NC(=O)[C@@H]5NC(=O)[C@H](CC(N)=O)NC(=O)C(NC(=O)[C@@H](CC(C)C)NC)[C@H](O)c5ccc(c(Cl)c5)O4)c4ccc(O)c(c4)-c4c(O)cc(O)cc4[C@@H](C(=O)O)NC3=O)O[C@H](CO)[C@@H](O)[C@@H]2O)O[C@@H](C)[C@H]1O)C(=O)OCC1c2ccccc2-c2ccccc21. The number of unbranched alkanes of at least 4 members (excludes halogenated alkanes) is 7. The van der Waals surface area contributed by atoms with E-state index in [4.69, 9.17) is 67.1 Å². The highest BCUT2D eigenvalue weighted by Crippen LogP contribution is 2.51. The predicted molar refractivity (Wildman–Crippen MR) is 473 cm³/mol. The minimum absolute atomic E-state index is 0.0379. The first-order valence-electron chi connectivity index (χ1n) is 43.4. The molecule has 15 rings (SSSR count). The zero-order valence-electron chi connectivity index (χ0n) is 72.5. The summed E-state index contributed by atoms with van der Waals surface area (Å²) in [5.74, 6) is -16.5. The largest absolute Gasteiger partial charge is 0.508 e. The molecule has 2 fully saturated rings. The summed E-state index contributed by atoms with van der Waals surface area (Å²) in [6.07, 6.45) is -10.8. The van der Waals surface area contributed by atoms with Crippen LogP contribution in [0.15, 0.2) is 132 Å². The van der Waals surface area contributed by atoms with Gasteiger partial charge in [0, 0.05) is 47.9 Å². The lowest BCUT2D eigenvalue weighted by Crippen LogP contribution is -2.63. The van der Waals surface area contributed by atoms with Gasteiger partial charge in [-0.05, 0) is 139 Å². The van der Waals surface area contributed by atoms with Gasteiger partial charge in [-0.25, -0.2) is 9.59 Å². The summed E-state index contributed by atoms with van der Waals surface area (Å²) in [6.45, 7) is 8.17. The molecule has 1 unspecified atom stereocenters. The van der Waals surface area contributed by atoms with Crippen LogP contribution in [-0.4, -0.2) is 228 Å². The third-order valence-corrected chi connectivity index (χ3v) is 24.9. The minimum atomic E-state index is -2.39. The molecular weight excluding hydrogens is 1740 g/mol. The molecule has 19 N–H and O–H groups in total. The second-order valence-electron chi connectivity index (χ2n) is 34.1. The van der Waals surface area contributed by atoms with Crippen molar-refractivity contribution in [1.82, 2.24) is 42.1 Å². The number of carboxylic acids is 1. The fourth-order valence-electron chi connectivity index (χ4n) is 17.3. The third-order valence-electron chi connectivity index (χ3n) is 24.3. The lowest BCUT2D eigenvalue weighted by Gasteiger charge is -2.47. The highest BCUT2D eigenvalue weighted by molar-refractivity contribution is 6.32. The number of phenolic OH excluding ortho intramolecular Hbond substituents is 3. The number of carboxylic acid groups (broad SMARTS) is 1. The monoisotopic (exact) mass is 1850 g/mol. The number of halogens is 2. The van der Waals surface area contributed by atoms with Crippen LogP contribution >= 0.6 is 23.2 Å². The fraction of sp³-hybridized carbons (Fsp3) is 0.441. The number of nitrogens with one attached hydrogen (secondary N) is 7. The number of likely N-dealkylation sites (N-methyl/N-ethyl adjacent to an activating group) is 1. The van der Waals surface area contributed by atoms with Crippen molar-refractivity contribution in [3.63, 3.8) is 0 Å². The van der Waals surface area contributed by atoms with E-state index in [2.05, 4.69) is 44.1 Å². The van der Waals surface area contributed by atoms with Crippen LogP contribution in [0, 0.1) is 5.92 Å². The number of hydrogen-bond donors (Lipinski definition) is 18. The maximum Gasteiger partial charge on any atom is 0.410 e. The van der Waals surface area contributed by atoms with Crippen molar-refractivity contribution in [3.05, 3.63) is 176 Å². The number of rotatable bonds is 27. The van der Waals surface area contributed by atoms with E-state index in [9.17, 15) is 70.2 Å². The average molecular weight is 1850 g/mol. The lowest BCUT2D eigenvalue weighted by molar-refractivity contribution is -0.333. The van der Waals surface area contributed by atoms with Crippen molar-refractivity contribution in [2.45, 2.75) is 220 Å². The second-order valence-corrected chi connectivity index (χ2v) is 34.9. The zero-order valence-corrected chi connectivity index (χ0v) is 74.0. The Kier molecular flexibility index (Phi) is 31.2. The molecule has 7 heterocycles. The third kappa shape index (κ3) is 21.9. The second kappa shape index (κ2) is 42.2. The average Bonchev–Trinajstić information content (AvgIpc) is 1.69. The number of aliphatic carboxylic acids is 1. The number of hydrogen-bond acceptors (Lipinski definition) is 27. The van der Waals surface area contributed by atoms with E-state index >= 15 is 24.0 Å². The van der Waals surface area contributed by atoms with E-state index in [-0.39, 0.29) is 65.3 Å². The molecule has 7 aliphatic heterocycles. The van der Waals surface area contributed by atoms with Crippen LogP contribution < -0.4 is 57.2 Å². The Morgan fingerprint density at radius 2 is 1.27 bits per heavy atom. The van der Waals surface area contributed by atoms with E-state index in [1.807, 2.05) is 62.4 Å². The molecule has 131 heavy (non-hydrogen) atoms. The van der Waals surface area contributed by atoms with Crippen LogP contribution in [-0.2, 0) is 57.3 Å². The van der Waals surface area contributed by atoms with Crippen molar-refractivity contribution >= 4 is 82.8 Å². The molecule has 7 aromatic carbocycles. The van der Waals surface area contributed by atoms with E-state index in [0.717, 1.165) is 134 Å². The number of benzene rings is 7. The number of carbonyl (C=O) groups excluding carboxylic acids is 8. The Balaban J connectivity index is 0.928. The van der Waals surface area contributed by atoms with E-state index in [0.29, 0.717) is 13.0 Å². The predicted octanol–water partition coefficient (Wildman–Crippen LogP) is 7.61. The molecule has 0 radical (unpaired) electrons. The summed E-state index contributed by atoms with van der Waals surface area (Å²) in [6, 6.07) is 15.1. The van der Waals surface area contributed by atoms with Gasteiger partial charge in [-0.1, -0.05) is 156 Å². The summed E-state index contributed by atoms with van der Waals surface area (Å²) in [5, 5.41) is 134. The Labute approximate surface area is 763 Å². The summed E-state index contributed by atoms with van der Waals surface area (Å²) in [4.78, 5) is 140. The Bertz CT molecular complexity index is 5410. The van der Waals surface area contributed by atoms with Crippen LogP contribution in [0.1, 0.15) is 180 Å². The van der Waals surface area contributed by atoms with Crippen LogP contribution in [0.25, 0.3) is 22.3 Å². The summed E-state index contributed by atoms with van der Waals surface area (Å²) >= 11 is 14.4. The van der Waals surface area contributed by atoms with Gasteiger partial charge in [-0.15, -0.1) is 0 Å². The molecule has 18 atom stereocenters. The van der Waals surface area contributed by atoms with Crippen molar-refractivity contribution in [3.8, 4) is 68.2 Å². The number of aliphatic hydroxyl groups is 6. The number of phenols is 3. The van der Waals surface area contributed by atoms with Gasteiger partial charge in [0.25, 0.3) is 0 Å². The maximum absolute atomic E-state index is 16.3. The van der Waals surface area contributed by atoms with Crippen molar-refractivity contribution in [2.75, 3.05) is 33.4 Å². The number of aromatic hydroxyl groups is 3. The highest BCUT2D eigenvalue weighted by atomic mass is 35.5. The van der Waals surface area contributed by atoms with Crippen LogP contribution in [0.2, 0.25) is 10.0 Å². The fourth-order valence-corrected chi connectivity index (χ4v) is 17.8. The van der Waals surface area contributed by atoms with E-state index in [1.54, 1.807) is 11.8 Å². The summed E-state index contributed by atoms with van der Waals surface area (Å²) in [5.41, 5.74) is 5.48. The number of fused-ring (bicyclic) bond motifs is 18. The Morgan fingerprint density at radius 1 is 0.664 bits per heavy atom. The topological polar surface area (TPSA) is 546 Å². The van der Waals surface area contributed by atoms with Gasteiger partial charge >= 0.3 is 12.1 Å². The first-order valence-corrected chi connectivity index (χ1v) is 44.1.